The molecule has 1 nitrogen and oxygen atoms in total. The number of benzene rings is 1. The van der Waals surface area contributed by atoms with Crippen molar-refractivity contribution in [3.8, 4) is 5.75 Å². The molecule has 3 rings (SSSR count). The van der Waals surface area contributed by atoms with Gasteiger partial charge in [-0.25, -0.2) is 0 Å². The summed E-state index contributed by atoms with van der Waals surface area (Å²) in [6.07, 6.45) is -4.30. The summed E-state index contributed by atoms with van der Waals surface area (Å²) in [6, 6.07) is 4.11. The molecule has 0 unspecified atom stereocenters. The molecule has 2 heterocycles. The third-order valence-electron chi connectivity index (χ3n) is 1.74. The van der Waals surface area contributed by atoms with Crippen molar-refractivity contribution >= 4 is 0 Å². The average Bonchev–Trinajstić information content (AvgIpc) is 2.05. The average molecular weight is 174 g/mol. The number of hydrogen-bond acceptors (Lipinski definition) is 1. The molecule has 2 aliphatic rings. The van der Waals surface area contributed by atoms with E-state index in [0.717, 1.165) is 6.07 Å². The van der Waals surface area contributed by atoms with Gasteiger partial charge in [0.2, 0.25) is 0 Å². The zero-order valence-corrected chi connectivity index (χ0v) is 5.98. The van der Waals surface area contributed by atoms with Crippen molar-refractivity contribution in [2.45, 2.75) is 12.8 Å². The fraction of sp³-hybridized carbons (Fsp3) is 0.250. The Morgan fingerprint density at radius 2 is 2.00 bits per heavy atom. The maximum atomic E-state index is 12.2. The Labute approximate surface area is 66.8 Å². The summed E-state index contributed by atoms with van der Waals surface area (Å²) in [7, 11) is 0. The van der Waals surface area contributed by atoms with Gasteiger partial charge in [0.25, 0.3) is 0 Å². The van der Waals surface area contributed by atoms with Crippen molar-refractivity contribution in [1.29, 1.82) is 0 Å². The summed E-state index contributed by atoms with van der Waals surface area (Å²) in [5.41, 5.74) is -0.108. The van der Waals surface area contributed by atoms with E-state index in [9.17, 15) is 13.2 Å². The summed E-state index contributed by atoms with van der Waals surface area (Å²) in [6.45, 7) is 0.255. The Balaban J connectivity index is 2.55. The van der Waals surface area contributed by atoms with E-state index < -0.39 is 11.7 Å². The fourth-order valence-electron chi connectivity index (χ4n) is 1.18. The molecule has 64 valence electrons. The van der Waals surface area contributed by atoms with E-state index in [4.69, 9.17) is 4.74 Å². The Morgan fingerprint density at radius 1 is 1.25 bits per heavy atom. The topological polar surface area (TPSA) is 9.23 Å². The molecule has 1 aromatic rings. The lowest BCUT2D eigenvalue weighted by atomic mass is 10.1. The van der Waals surface area contributed by atoms with E-state index in [1.54, 1.807) is 6.07 Å². The highest BCUT2D eigenvalue weighted by atomic mass is 19.4. The largest absolute Gasteiger partial charge is 0.488 e. The minimum Gasteiger partial charge on any atom is -0.488 e. The number of alkyl halides is 3. The summed E-state index contributed by atoms with van der Waals surface area (Å²) in [5, 5.41) is 0. The van der Waals surface area contributed by atoms with E-state index in [1.165, 1.54) is 6.07 Å². The van der Waals surface area contributed by atoms with Crippen molar-refractivity contribution in [2.75, 3.05) is 0 Å². The monoisotopic (exact) mass is 174 g/mol. The summed E-state index contributed by atoms with van der Waals surface area (Å²) >= 11 is 0. The van der Waals surface area contributed by atoms with Crippen LogP contribution in [-0.4, -0.2) is 0 Å². The first-order chi connectivity index (χ1) is 5.57. The lowest BCUT2D eigenvalue weighted by Crippen LogP contribution is -2.13. The molecule has 12 heavy (non-hydrogen) atoms. The maximum Gasteiger partial charge on any atom is 0.419 e. The lowest BCUT2D eigenvalue weighted by Gasteiger charge is -2.19. The number of ether oxygens (including phenoxy) is 1. The van der Waals surface area contributed by atoms with Crippen LogP contribution in [0.25, 0.3) is 0 Å². The molecule has 0 aromatic heterocycles. The Kier molecular flexibility index (Phi) is 1.34. The predicted octanol–water partition coefficient (Wildman–Crippen LogP) is 2.60. The van der Waals surface area contributed by atoms with Gasteiger partial charge in [-0.1, -0.05) is 6.07 Å². The predicted molar refractivity (Wildman–Crippen MR) is 35.8 cm³/mol. The van der Waals surface area contributed by atoms with Gasteiger partial charge >= 0.3 is 6.18 Å². The van der Waals surface area contributed by atoms with Gasteiger partial charge in [0, 0.05) is 0 Å². The zero-order valence-electron chi connectivity index (χ0n) is 5.98. The van der Waals surface area contributed by atoms with Gasteiger partial charge in [-0.2, -0.15) is 13.2 Å². The van der Waals surface area contributed by atoms with E-state index >= 15 is 0 Å². The smallest absolute Gasteiger partial charge is 0.419 e. The molecule has 0 N–H and O–H groups in total. The van der Waals surface area contributed by atoms with Crippen LogP contribution in [0.1, 0.15) is 11.1 Å². The SMILES string of the molecule is FC(F)(F)c1cc2ccc1OC2. The van der Waals surface area contributed by atoms with Gasteiger partial charge in [0.1, 0.15) is 12.4 Å². The molecule has 0 aliphatic carbocycles. The minimum absolute atomic E-state index is 0.0718. The molecule has 0 spiro atoms. The van der Waals surface area contributed by atoms with Gasteiger partial charge in [0.15, 0.2) is 0 Å². The highest BCUT2D eigenvalue weighted by Crippen LogP contribution is 2.39. The van der Waals surface area contributed by atoms with Crippen LogP contribution >= 0.6 is 0 Å². The van der Waals surface area contributed by atoms with Gasteiger partial charge in [-0.05, 0) is 17.7 Å². The molecule has 0 saturated heterocycles. The summed E-state index contributed by atoms with van der Waals surface area (Å²) in [4.78, 5) is 0. The second-order valence-electron chi connectivity index (χ2n) is 2.62. The molecule has 0 fully saturated rings. The number of rotatable bonds is 0. The van der Waals surface area contributed by atoms with Gasteiger partial charge in [-0.3, -0.25) is 0 Å². The van der Waals surface area contributed by atoms with Crippen LogP contribution in [0.4, 0.5) is 13.2 Å². The summed E-state index contributed by atoms with van der Waals surface area (Å²) < 4.78 is 41.4. The quantitative estimate of drug-likeness (QED) is 0.587. The van der Waals surface area contributed by atoms with Crippen molar-refractivity contribution in [3.63, 3.8) is 0 Å². The highest BCUT2D eigenvalue weighted by Gasteiger charge is 2.36. The molecule has 2 bridgehead atoms. The maximum absolute atomic E-state index is 12.2. The second-order valence-corrected chi connectivity index (χ2v) is 2.62. The second kappa shape index (κ2) is 2.15. The van der Waals surface area contributed by atoms with E-state index in [-0.39, 0.29) is 12.4 Å². The van der Waals surface area contributed by atoms with E-state index in [0.29, 0.717) is 5.56 Å². The summed E-state index contributed by atoms with van der Waals surface area (Å²) in [5.74, 6) is -0.0718. The minimum atomic E-state index is -4.30. The van der Waals surface area contributed by atoms with Crippen LogP contribution in [-0.2, 0) is 12.8 Å². The molecule has 1 aromatic carbocycles. The zero-order chi connectivity index (χ0) is 8.77. The van der Waals surface area contributed by atoms with Crippen LogP contribution in [0.3, 0.4) is 0 Å². The number of hydrogen-bond donors (Lipinski definition) is 0. The van der Waals surface area contributed by atoms with Crippen molar-refractivity contribution in [3.05, 3.63) is 29.3 Å². The molecule has 0 saturated carbocycles. The third-order valence-corrected chi connectivity index (χ3v) is 1.74. The lowest BCUT2D eigenvalue weighted by molar-refractivity contribution is -0.139. The molecular weight excluding hydrogens is 169 g/mol. The van der Waals surface area contributed by atoms with Gasteiger partial charge in [-0.15, -0.1) is 0 Å². The van der Waals surface area contributed by atoms with Crippen LogP contribution in [0.15, 0.2) is 18.2 Å². The van der Waals surface area contributed by atoms with Crippen LogP contribution in [0, 0.1) is 0 Å². The fourth-order valence-corrected chi connectivity index (χ4v) is 1.18. The van der Waals surface area contributed by atoms with Gasteiger partial charge < -0.3 is 4.74 Å². The molecular formula is C8H5F3O. The molecule has 2 aliphatic heterocycles. The molecule has 0 atom stereocenters. The number of fused-ring (bicyclic) bond motifs is 3. The normalized spacial score (nSPS) is 14.6. The first kappa shape index (κ1) is 7.46. The first-order valence-corrected chi connectivity index (χ1v) is 3.40. The van der Waals surface area contributed by atoms with E-state index in [1.807, 2.05) is 0 Å². The Hall–Kier alpha value is -1.19. The Morgan fingerprint density at radius 3 is 2.25 bits per heavy atom. The number of halogens is 3. The van der Waals surface area contributed by atoms with E-state index in [2.05, 4.69) is 0 Å². The van der Waals surface area contributed by atoms with Gasteiger partial charge in [0.05, 0.1) is 5.56 Å². The molecule has 0 amide bonds. The Bertz CT molecular complexity index is 317. The molecule has 0 radical (unpaired) electrons. The van der Waals surface area contributed by atoms with Crippen molar-refractivity contribution in [2.24, 2.45) is 0 Å². The highest BCUT2D eigenvalue weighted by molar-refractivity contribution is 5.42. The van der Waals surface area contributed by atoms with Crippen LogP contribution < -0.4 is 4.74 Å². The third kappa shape index (κ3) is 1.03. The van der Waals surface area contributed by atoms with Crippen LogP contribution in [0.2, 0.25) is 0 Å². The first-order valence-electron chi connectivity index (χ1n) is 3.40. The molecule has 4 heteroatoms. The van der Waals surface area contributed by atoms with Crippen molar-refractivity contribution < 1.29 is 17.9 Å². The van der Waals surface area contributed by atoms with Crippen LogP contribution in [0.5, 0.6) is 5.75 Å². The van der Waals surface area contributed by atoms with Crippen molar-refractivity contribution in [1.82, 2.24) is 0 Å². The standard InChI is InChI=1S/C8H5F3O/c9-8(10,11)6-3-5-1-2-7(6)12-4-5/h1-3H,4H2.